The summed E-state index contributed by atoms with van der Waals surface area (Å²) >= 11 is 12.0. The molecule has 0 atom stereocenters. The fraction of sp³-hybridized carbons (Fsp3) is 0.0556. The van der Waals surface area contributed by atoms with E-state index in [0.29, 0.717) is 21.8 Å². The van der Waals surface area contributed by atoms with Gasteiger partial charge in [-0.3, -0.25) is 0 Å². The molecule has 0 saturated heterocycles. The van der Waals surface area contributed by atoms with Crippen molar-refractivity contribution in [1.82, 2.24) is 19.6 Å². The molecule has 10 heteroatoms. The molecular weight excluding hydrogens is 419 g/mol. The second kappa shape index (κ2) is 6.72. The minimum Gasteiger partial charge on any atom is -0.211 e. The minimum absolute atomic E-state index is 0.226. The molecule has 0 saturated carbocycles. The summed E-state index contributed by atoms with van der Waals surface area (Å²) in [6, 6.07) is 11.5. The van der Waals surface area contributed by atoms with Crippen LogP contribution in [0.2, 0.25) is 10.0 Å². The third kappa shape index (κ3) is 3.41. The molecule has 0 aliphatic carbocycles. The largest absolute Gasteiger partial charge is 0.453 e. The highest BCUT2D eigenvalue weighted by atomic mass is 35.5. The highest BCUT2D eigenvalue weighted by Crippen LogP contribution is 2.32. The van der Waals surface area contributed by atoms with Crippen LogP contribution in [0, 0.1) is 5.82 Å². The lowest BCUT2D eigenvalue weighted by molar-refractivity contribution is -0.144. The molecule has 4 aromatic rings. The quantitative estimate of drug-likeness (QED) is 0.373. The fourth-order valence-electron chi connectivity index (χ4n) is 2.62. The average Bonchev–Trinajstić information content (AvgIpc) is 3.08. The molecule has 0 fully saturated rings. The van der Waals surface area contributed by atoms with Gasteiger partial charge in [0.1, 0.15) is 5.82 Å². The van der Waals surface area contributed by atoms with E-state index in [1.54, 1.807) is 6.07 Å². The second-order valence-electron chi connectivity index (χ2n) is 5.81. The van der Waals surface area contributed by atoms with E-state index in [2.05, 4.69) is 15.1 Å². The Labute approximate surface area is 165 Å². The van der Waals surface area contributed by atoms with Gasteiger partial charge in [0.2, 0.25) is 0 Å². The summed E-state index contributed by atoms with van der Waals surface area (Å²) < 4.78 is 53.5. The van der Waals surface area contributed by atoms with Gasteiger partial charge in [-0.05, 0) is 42.5 Å². The standard InChI is InChI=1S/C18H8Cl2F4N4/c19-12-6-3-10(7-13(12)20)15-8-14(9-1-4-11(21)5-2-9)25-17-26-16(18(22,23)24)27-28(15)17/h1-8H. The first-order valence-electron chi connectivity index (χ1n) is 7.79. The van der Waals surface area contributed by atoms with Gasteiger partial charge in [-0.15, -0.1) is 5.10 Å². The van der Waals surface area contributed by atoms with E-state index in [0.717, 1.165) is 4.52 Å². The van der Waals surface area contributed by atoms with Crippen LogP contribution in [0.5, 0.6) is 0 Å². The Hall–Kier alpha value is -2.71. The highest BCUT2D eigenvalue weighted by Gasteiger charge is 2.37. The number of nitrogens with zero attached hydrogens (tertiary/aromatic N) is 4. The molecule has 4 nitrogen and oxygen atoms in total. The van der Waals surface area contributed by atoms with Crippen LogP contribution in [-0.2, 0) is 6.18 Å². The molecular formula is C18H8Cl2F4N4. The van der Waals surface area contributed by atoms with Crippen molar-refractivity contribution >= 4 is 29.0 Å². The summed E-state index contributed by atoms with van der Waals surface area (Å²) in [6.07, 6.45) is -4.74. The lowest BCUT2D eigenvalue weighted by atomic mass is 10.1. The topological polar surface area (TPSA) is 43.1 Å². The molecule has 4 rings (SSSR count). The Morgan fingerprint density at radius 1 is 0.821 bits per heavy atom. The van der Waals surface area contributed by atoms with Crippen LogP contribution in [0.1, 0.15) is 5.82 Å². The van der Waals surface area contributed by atoms with E-state index >= 15 is 0 Å². The number of hydrogen-bond donors (Lipinski definition) is 0. The van der Waals surface area contributed by atoms with Gasteiger partial charge < -0.3 is 0 Å². The number of aromatic nitrogens is 4. The number of hydrogen-bond acceptors (Lipinski definition) is 3. The molecule has 0 N–H and O–H groups in total. The SMILES string of the molecule is Fc1ccc(-c2cc(-c3ccc(Cl)c(Cl)c3)n3nc(C(F)(F)F)nc3n2)cc1. The maximum atomic E-state index is 13.2. The van der Waals surface area contributed by atoms with E-state index in [1.165, 1.54) is 42.5 Å². The molecule has 0 aliphatic rings. The third-order valence-electron chi connectivity index (χ3n) is 3.92. The fourth-order valence-corrected chi connectivity index (χ4v) is 2.92. The third-order valence-corrected chi connectivity index (χ3v) is 4.66. The zero-order valence-electron chi connectivity index (χ0n) is 13.7. The maximum Gasteiger partial charge on any atom is 0.453 e. The van der Waals surface area contributed by atoms with Crippen molar-refractivity contribution in [3.05, 3.63) is 70.2 Å². The summed E-state index contributed by atoms with van der Waals surface area (Å²) in [5, 5.41) is 4.06. The Morgan fingerprint density at radius 2 is 1.50 bits per heavy atom. The van der Waals surface area contributed by atoms with Crippen molar-refractivity contribution in [1.29, 1.82) is 0 Å². The van der Waals surface area contributed by atoms with Crippen LogP contribution in [-0.4, -0.2) is 19.6 Å². The molecule has 0 radical (unpaired) electrons. The smallest absolute Gasteiger partial charge is 0.211 e. The first-order chi connectivity index (χ1) is 13.2. The highest BCUT2D eigenvalue weighted by molar-refractivity contribution is 6.42. The van der Waals surface area contributed by atoms with Gasteiger partial charge in [-0.1, -0.05) is 29.3 Å². The Morgan fingerprint density at radius 3 is 2.14 bits per heavy atom. The zero-order chi connectivity index (χ0) is 20.1. The summed E-state index contributed by atoms with van der Waals surface area (Å²) in [5.74, 6) is -2.02. The van der Waals surface area contributed by atoms with E-state index in [4.69, 9.17) is 23.2 Å². The van der Waals surface area contributed by atoms with Gasteiger partial charge in [0, 0.05) is 11.1 Å². The Balaban J connectivity index is 2.00. The van der Waals surface area contributed by atoms with Gasteiger partial charge in [0.15, 0.2) is 0 Å². The number of fused-ring (bicyclic) bond motifs is 1. The van der Waals surface area contributed by atoms with E-state index in [-0.39, 0.29) is 16.5 Å². The van der Waals surface area contributed by atoms with E-state index < -0.39 is 17.8 Å². The summed E-state index contributed by atoms with van der Waals surface area (Å²) in [7, 11) is 0. The summed E-state index contributed by atoms with van der Waals surface area (Å²) in [5.41, 5.74) is 1.53. The lowest BCUT2D eigenvalue weighted by Gasteiger charge is -2.09. The molecule has 0 amide bonds. The van der Waals surface area contributed by atoms with Crippen molar-refractivity contribution in [3.63, 3.8) is 0 Å². The molecule has 142 valence electrons. The first-order valence-corrected chi connectivity index (χ1v) is 8.54. The number of halogens is 6. The number of rotatable bonds is 2. The lowest BCUT2D eigenvalue weighted by Crippen LogP contribution is -2.08. The van der Waals surface area contributed by atoms with Crippen molar-refractivity contribution in [3.8, 4) is 22.5 Å². The first kappa shape index (κ1) is 18.6. The van der Waals surface area contributed by atoms with Crippen LogP contribution >= 0.6 is 23.2 Å². The van der Waals surface area contributed by atoms with Gasteiger partial charge in [0.05, 0.1) is 21.4 Å². The van der Waals surface area contributed by atoms with Crippen molar-refractivity contribution in [2.45, 2.75) is 6.18 Å². The van der Waals surface area contributed by atoms with Crippen molar-refractivity contribution in [2.24, 2.45) is 0 Å². The van der Waals surface area contributed by atoms with E-state index in [9.17, 15) is 17.6 Å². The molecule has 28 heavy (non-hydrogen) atoms. The molecule has 2 aromatic carbocycles. The average molecular weight is 427 g/mol. The van der Waals surface area contributed by atoms with Crippen LogP contribution in [0.4, 0.5) is 17.6 Å². The van der Waals surface area contributed by atoms with Crippen LogP contribution < -0.4 is 0 Å². The molecule has 0 unspecified atom stereocenters. The number of alkyl halides is 3. The van der Waals surface area contributed by atoms with Crippen molar-refractivity contribution in [2.75, 3.05) is 0 Å². The van der Waals surface area contributed by atoms with Crippen LogP contribution in [0.15, 0.2) is 48.5 Å². The Kier molecular flexibility index (Phi) is 4.47. The molecule has 0 spiro atoms. The van der Waals surface area contributed by atoms with Gasteiger partial charge in [0.25, 0.3) is 11.6 Å². The molecule has 2 heterocycles. The monoisotopic (exact) mass is 426 g/mol. The zero-order valence-corrected chi connectivity index (χ0v) is 15.2. The summed E-state index contributed by atoms with van der Waals surface area (Å²) in [6.45, 7) is 0. The van der Waals surface area contributed by atoms with Gasteiger partial charge in [-0.25, -0.2) is 9.37 Å². The number of benzene rings is 2. The minimum atomic E-state index is -4.74. The molecule has 2 aromatic heterocycles. The van der Waals surface area contributed by atoms with Crippen molar-refractivity contribution < 1.29 is 17.6 Å². The van der Waals surface area contributed by atoms with Gasteiger partial charge in [-0.2, -0.15) is 22.7 Å². The molecule has 0 aliphatic heterocycles. The predicted octanol–water partition coefficient (Wildman–Crippen LogP) is 5.92. The normalized spacial score (nSPS) is 11.9. The van der Waals surface area contributed by atoms with Gasteiger partial charge >= 0.3 is 6.18 Å². The van der Waals surface area contributed by atoms with Crippen LogP contribution in [0.25, 0.3) is 28.3 Å². The maximum absolute atomic E-state index is 13.2. The second-order valence-corrected chi connectivity index (χ2v) is 6.62. The summed E-state index contributed by atoms with van der Waals surface area (Å²) in [4.78, 5) is 7.64. The predicted molar refractivity (Wildman–Crippen MR) is 96.6 cm³/mol. The van der Waals surface area contributed by atoms with E-state index in [1.807, 2.05) is 0 Å². The van der Waals surface area contributed by atoms with Crippen LogP contribution in [0.3, 0.4) is 0 Å². The Bertz CT molecular complexity index is 1190. The molecule has 0 bridgehead atoms.